The number of ketones is 1. The Labute approximate surface area is 386 Å². The second kappa shape index (κ2) is 21.6. The molecule has 0 saturated carbocycles. The molecular weight excluding hydrogens is 947 g/mol. The van der Waals surface area contributed by atoms with Gasteiger partial charge >= 0.3 is 11.8 Å². The van der Waals surface area contributed by atoms with Crippen molar-refractivity contribution in [2.24, 2.45) is 0 Å². The van der Waals surface area contributed by atoms with Gasteiger partial charge < -0.3 is 23.4 Å². The van der Waals surface area contributed by atoms with Crippen LogP contribution in [0.4, 0.5) is 13.2 Å². The van der Waals surface area contributed by atoms with Crippen LogP contribution in [0.15, 0.2) is 203 Å². The molecule has 0 aliphatic heterocycles. The van der Waals surface area contributed by atoms with Gasteiger partial charge in [-0.3, -0.25) is 4.79 Å². The smallest absolute Gasteiger partial charge is 0.455 e. The zero-order valence-electron chi connectivity index (χ0n) is 32.3. The molecule has 7 aromatic rings. The van der Waals surface area contributed by atoms with E-state index < -0.39 is 43.2 Å². The first-order valence-electron chi connectivity index (χ1n) is 18.0. The van der Waals surface area contributed by atoms with Crippen LogP contribution in [-0.2, 0) is 9.13 Å². The van der Waals surface area contributed by atoms with E-state index in [0.29, 0.717) is 0 Å². The number of halogens is 3. The SMILES string of the molecule is C=C/C(=C\C)P(=O)(c1ccccc1)c1ccccc1.COc1ccc2c(O)c(C(=O)C(F)(F)F)c(=O)oc2c1.O=P(c1ccccc1)(c1ccccc1)c1ccccc1.[Eu]. The summed E-state index contributed by atoms with van der Waals surface area (Å²) in [6, 6.07) is 52.1. The molecule has 0 atom stereocenters. The zero-order chi connectivity index (χ0) is 42.6. The first kappa shape index (κ1) is 47.8. The standard InChI is InChI=1S/C18H15OP.C17H17OP.C12H7F3O5.Eu/c19-20(16-10-4-1-5-11-16,17-12-6-2-7-13-17)18-14-8-3-9-15-18;1-3-15(4-2)19(18,16-11-7-5-8-12-16)17-13-9-6-10-14-17;1-19-5-2-3-6-7(4-5)20-11(18)8(9(6)16)10(17)12(13,14)15;/h1-15H;3-14H,1H2,2H3;2-4,16H,1H3;/b;15-4+;;. The van der Waals surface area contributed by atoms with Crippen LogP contribution in [0.3, 0.4) is 0 Å². The number of allylic oxidation sites excluding steroid dienone is 3. The number of aromatic hydroxyl groups is 1. The van der Waals surface area contributed by atoms with Gasteiger partial charge in [-0.2, -0.15) is 13.2 Å². The van der Waals surface area contributed by atoms with E-state index in [0.717, 1.165) is 31.8 Å². The van der Waals surface area contributed by atoms with Crippen LogP contribution in [0, 0.1) is 49.4 Å². The Morgan fingerprint density at radius 1 is 0.683 bits per heavy atom. The molecule has 307 valence electrons. The van der Waals surface area contributed by atoms with E-state index in [9.17, 15) is 37.0 Å². The number of alkyl halides is 3. The van der Waals surface area contributed by atoms with Crippen molar-refractivity contribution in [2.75, 3.05) is 7.11 Å². The second-order valence-electron chi connectivity index (χ2n) is 12.6. The first-order valence-corrected chi connectivity index (χ1v) is 21.4. The fourth-order valence-corrected chi connectivity index (χ4v) is 11.5. The van der Waals surface area contributed by atoms with Gasteiger partial charge in [0.2, 0.25) is 0 Å². The number of hydrogen-bond donors (Lipinski definition) is 1. The maximum Gasteiger partial charge on any atom is 0.455 e. The summed E-state index contributed by atoms with van der Waals surface area (Å²) in [5, 5.41) is 14.6. The summed E-state index contributed by atoms with van der Waals surface area (Å²) in [6.07, 6.45) is -1.71. The normalized spacial score (nSPS) is 11.4. The minimum atomic E-state index is -5.29. The molecule has 1 radical (unpaired) electrons. The van der Waals surface area contributed by atoms with Crippen molar-refractivity contribution in [2.45, 2.75) is 13.1 Å². The molecule has 0 spiro atoms. The van der Waals surface area contributed by atoms with E-state index >= 15 is 0 Å². The van der Waals surface area contributed by atoms with E-state index in [1.165, 1.54) is 25.3 Å². The molecule has 7 rings (SSSR count). The number of benzene rings is 6. The molecule has 0 bridgehead atoms. The van der Waals surface area contributed by atoms with Crippen LogP contribution in [0.1, 0.15) is 17.3 Å². The number of methoxy groups -OCH3 is 1. The molecule has 0 amide bonds. The van der Waals surface area contributed by atoms with Crippen LogP contribution in [-0.4, -0.2) is 24.2 Å². The quantitative estimate of drug-likeness (QED) is 0.0664. The summed E-state index contributed by atoms with van der Waals surface area (Å²) in [4.78, 5) is 22.6. The summed E-state index contributed by atoms with van der Waals surface area (Å²) in [6.45, 7) is 5.71. The number of Topliss-reactive ketones (excluding diaryl/α,β-unsaturated/α-hetero) is 1. The summed E-state index contributed by atoms with van der Waals surface area (Å²) >= 11 is 0. The third-order valence-corrected chi connectivity index (χ3v) is 15.3. The maximum absolute atomic E-state index is 13.8. The molecule has 60 heavy (non-hydrogen) atoms. The van der Waals surface area contributed by atoms with Gasteiger partial charge in [0.05, 0.1) is 12.5 Å². The van der Waals surface area contributed by atoms with Gasteiger partial charge in [-0.1, -0.05) is 170 Å². The van der Waals surface area contributed by atoms with Crippen molar-refractivity contribution in [3.63, 3.8) is 0 Å². The third kappa shape index (κ3) is 10.7. The summed E-state index contributed by atoms with van der Waals surface area (Å²) < 4.78 is 74.0. The summed E-state index contributed by atoms with van der Waals surface area (Å²) in [7, 11) is -4.23. The van der Waals surface area contributed by atoms with Crippen molar-refractivity contribution in [3.05, 3.63) is 210 Å². The molecule has 1 N–H and O–H groups in total. The maximum atomic E-state index is 13.8. The average molecular weight is 987 g/mol. The monoisotopic (exact) mass is 987 g/mol. The molecule has 7 nitrogen and oxygen atoms in total. The number of carbonyl (C=O) groups excluding carboxylic acids is 1. The van der Waals surface area contributed by atoms with Crippen molar-refractivity contribution >= 4 is 57.6 Å². The second-order valence-corrected chi connectivity index (χ2v) is 18.2. The molecule has 0 saturated heterocycles. The molecule has 0 unspecified atom stereocenters. The van der Waals surface area contributed by atoms with Gasteiger partial charge in [-0.25, -0.2) is 4.79 Å². The van der Waals surface area contributed by atoms with Gasteiger partial charge in [-0.05, 0) is 19.1 Å². The van der Waals surface area contributed by atoms with Crippen molar-refractivity contribution in [1.29, 1.82) is 0 Å². The molecule has 13 heteroatoms. The molecule has 0 aliphatic carbocycles. The summed E-state index contributed by atoms with van der Waals surface area (Å²) in [5.74, 6) is -3.25. The molecule has 0 fully saturated rings. The Morgan fingerprint density at radius 3 is 1.40 bits per heavy atom. The predicted molar refractivity (Wildman–Crippen MR) is 231 cm³/mol. The van der Waals surface area contributed by atoms with E-state index in [-0.39, 0.29) is 66.1 Å². The number of ether oxygens (including phenoxy) is 1. The number of carbonyl (C=O) groups is 1. The summed E-state index contributed by atoms with van der Waals surface area (Å²) in [5.41, 5.74) is -3.19. The molecule has 6 aromatic carbocycles. The Morgan fingerprint density at radius 2 is 1.07 bits per heavy atom. The van der Waals surface area contributed by atoms with E-state index in [4.69, 9.17) is 4.74 Å². The molecular formula is C47H39EuF3O7P2. The van der Waals surface area contributed by atoms with Gasteiger partial charge in [0.15, 0.2) is 19.8 Å². The van der Waals surface area contributed by atoms with Crippen molar-refractivity contribution in [1.82, 2.24) is 0 Å². The number of hydrogen-bond acceptors (Lipinski definition) is 7. The Bertz CT molecular complexity index is 2560. The third-order valence-electron chi connectivity index (χ3n) is 9.04. The van der Waals surface area contributed by atoms with E-state index in [1.807, 2.05) is 165 Å². The van der Waals surface area contributed by atoms with Gasteiger partial charge in [0.1, 0.15) is 17.1 Å². The topological polar surface area (TPSA) is 111 Å². The Balaban J connectivity index is 0.000000197. The van der Waals surface area contributed by atoms with Crippen molar-refractivity contribution < 1.29 is 90.7 Å². The van der Waals surface area contributed by atoms with E-state index in [1.54, 1.807) is 6.08 Å². The predicted octanol–water partition coefficient (Wildman–Crippen LogP) is 9.67. The zero-order valence-corrected chi connectivity index (χ0v) is 36.5. The van der Waals surface area contributed by atoms with Gasteiger partial charge in [0, 0.05) is 87.3 Å². The molecule has 1 heterocycles. The van der Waals surface area contributed by atoms with Crippen LogP contribution >= 0.6 is 14.3 Å². The Kier molecular flexibility index (Phi) is 17.2. The minimum Gasteiger partial charge on any atom is -0.506 e. The van der Waals surface area contributed by atoms with Crippen LogP contribution in [0.5, 0.6) is 11.5 Å². The van der Waals surface area contributed by atoms with Gasteiger partial charge in [-0.15, -0.1) is 0 Å². The molecule has 0 aliphatic rings. The largest absolute Gasteiger partial charge is 0.506 e. The van der Waals surface area contributed by atoms with Crippen LogP contribution < -0.4 is 36.9 Å². The van der Waals surface area contributed by atoms with Crippen LogP contribution in [0.25, 0.3) is 11.0 Å². The van der Waals surface area contributed by atoms with Crippen LogP contribution in [0.2, 0.25) is 0 Å². The first-order chi connectivity index (χ1) is 28.3. The fourth-order valence-electron chi connectivity index (χ4n) is 6.15. The fraction of sp³-hybridized carbons (Fsp3) is 0.0638. The van der Waals surface area contributed by atoms with Crippen molar-refractivity contribution in [3.8, 4) is 11.5 Å². The number of rotatable bonds is 9. The average Bonchev–Trinajstić information content (AvgIpc) is 3.27. The van der Waals surface area contributed by atoms with Gasteiger partial charge in [0.25, 0.3) is 5.78 Å². The Hall–Kier alpha value is -4.89. The number of fused-ring (bicyclic) bond motifs is 1. The minimum absolute atomic E-state index is 0. The van der Waals surface area contributed by atoms with E-state index in [2.05, 4.69) is 11.0 Å². The molecule has 1 aromatic heterocycles.